The van der Waals surface area contributed by atoms with Crippen LogP contribution in [0.15, 0.2) is 0 Å². The Morgan fingerprint density at radius 3 is 2.53 bits per heavy atom. The topological polar surface area (TPSA) is 35.2 Å². The van der Waals surface area contributed by atoms with Crippen molar-refractivity contribution in [2.75, 3.05) is 6.61 Å². The van der Waals surface area contributed by atoms with Crippen molar-refractivity contribution in [3.05, 3.63) is 0 Å². The Morgan fingerprint density at radius 1 is 1.33 bits per heavy atom. The molecule has 2 heteroatoms. The van der Waals surface area contributed by atoms with Crippen LogP contribution in [-0.4, -0.2) is 18.2 Å². The molecule has 88 valence electrons. The number of rotatable bonds is 3. The Hall–Kier alpha value is -0.0800. The van der Waals surface area contributed by atoms with Gasteiger partial charge >= 0.3 is 0 Å². The second kappa shape index (κ2) is 3.74. The van der Waals surface area contributed by atoms with Gasteiger partial charge < -0.3 is 10.5 Å². The lowest BCUT2D eigenvalue weighted by Crippen LogP contribution is -2.49. The summed E-state index contributed by atoms with van der Waals surface area (Å²) in [6.45, 7) is 7.75. The molecule has 1 aliphatic heterocycles. The molecule has 0 radical (unpaired) electrons. The van der Waals surface area contributed by atoms with E-state index >= 15 is 0 Å². The maximum Gasteiger partial charge on any atom is 0.0783 e. The van der Waals surface area contributed by atoms with Crippen LogP contribution in [0, 0.1) is 11.3 Å². The fourth-order valence-electron chi connectivity index (χ4n) is 2.56. The summed E-state index contributed by atoms with van der Waals surface area (Å²) in [4.78, 5) is 0. The van der Waals surface area contributed by atoms with E-state index in [1.165, 1.54) is 19.3 Å². The number of ether oxygens (including phenoxy) is 1. The molecule has 2 atom stereocenters. The molecule has 2 unspecified atom stereocenters. The van der Waals surface area contributed by atoms with Crippen molar-refractivity contribution in [2.24, 2.45) is 17.1 Å². The van der Waals surface area contributed by atoms with Gasteiger partial charge in [-0.3, -0.25) is 0 Å². The summed E-state index contributed by atoms with van der Waals surface area (Å²) in [7, 11) is 0. The molecule has 2 rings (SSSR count). The van der Waals surface area contributed by atoms with E-state index in [9.17, 15) is 0 Å². The van der Waals surface area contributed by atoms with Crippen LogP contribution in [0.2, 0.25) is 0 Å². The van der Waals surface area contributed by atoms with Crippen molar-refractivity contribution >= 4 is 0 Å². The lowest BCUT2D eigenvalue weighted by atomic mass is 9.79. The summed E-state index contributed by atoms with van der Waals surface area (Å²) in [5.74, 6) is 0.775. The molecule has 0 aromatic heterocycles. The van der Waals surface area contributed by atoms with Crippen molar-refractivity contribution in [2.45, 2.75) is 64.5 Å². The minimum atomic E-state index is -0.0194. The van der Waals surface area contributed by atoms with Crippen molar-refractivity contribution in [1.29, 1.82) is 0 Å². The molecule has 0 bridgehead atoms. The third kappa shape index (κ3) is 2.73. The molecular weight excluding hydrogens is 186 g/mol. The van der Waals surface area contributed by atoms with Crippen LogP contribution in [0.25, 0.3) is 0 Å². The minimum absolute atomic E-state index is 0.0194. The highest BCUT2D eigenvalue weighted by molar-refractivity contribution is 5.03. The molecule has 15 heavy (non-hydrogen) atoms. The largest absolute Gasteiger partial charge is 0.376 e. The fraction of sp³-hybridized carbons (Fsp3) is 1.00. The molecule has 0 spiro atoms. The fourth-order valence-corrected chi connectivity index (χ4v) is 2.56. The van der Waals surface area contributed by atoms with E-state index in [2.05, 4.69) is 20.8 Å². The average Bonchev–Trinajstić information content (AvgIpc) is 2.87. The van der Waals surface area contributed by atoms with Crippen molar-refractivity contribution in [1.82, 2.24) is 0 Å². The van der Waals surface area contributed by atoms with Crippen LogP contribution >= 0.6 is 0 Å². The van der Waals surface area contributed by atoms with Gasteiger partial charge in [0, 0.05) is 12.1 Å². The van der Waals surface area contributed by atoms with Gasteiger partial charge in [0.1, 0.15) is 0 Å². The molecule has 2 nitrogen and oxygen atoms in total. The van der Waals surface area contributed by atoms with Crippen molar-refractivity contribution in [3.8, 4) is 0 Å². The molecule has 1 saturated heterocycles. The second-order valence-electron chi connectivity index (χ2n) is 6.67. The lowest BCUT2D eigenvalue weighted by Gasteiger charge is -2.32. The predicted octanol–water partition coefficient (Wildman–Crippen LogP) is 2.71. The predicted molar refractivity (Wildman–Crippen MR) is 62.7 cm³/mol. The van der Waals surface area contributed by atoms with Gasteiger partial charge in [0.05, 0.1) is 6.10 Å². The molecular formula is C13H25NO. The van der Waals surface area contributed by atoms with E-state index in [4.69, 9.17) is 10.5 Å². The Bertz CT molecular complexity index is 229. The van der Waals surface area contributed by atoms with Gasteiger partial charge in [0.25, 0.3) is 0 Å². The van der Waals surface area contributed by atoms with E-state index in [0.717, 1.165) is 25.4 Å². The zero-order valence-corrected chi connectivity index (χ0v) is 10.4. The second-order valence-corrected chi connectivity index (χ2v) is 6.67. The lowest BCUT2D eigenvalue weighted by molar-refractivity contribution is 0.0568. The van der Waals surface area contributed by atoms with Crippen molar-refractivity contribution < 1.29 is 4.74 Å². The van der Waals surface area contributed by atoms with Gasteiger partial charge in [0.2, 0.25) is 0 Å². The Balaban J connectivity index is 1.92. The molecule has 2 fully saturated rings. The van der Waals surface area contributed by atoms with Gasteiger partial charge in [-0.25, -0.2) is 0 Å². The van der Waals surface area contributed by atoms with Gasteiger partial charge in [-0.1, -0.05) is 20.8 Å². The summed E-state index contributed by atoms with van der Waals surface area (Å²) in [5, 5.41) is 0. The van der Waals surface area contributed by atoms with Gasteiger partial charge in [-0.05, 0) is 43.4 Å². The SMILES string of the molecule is CC(C)(C)CCC1(N)CCOC1C1CC1. The highest BCUT2D eigenvalue weighted by Gasteiger charge is 2.48. The summed E-state index contributed by atoms with van der Waals surface area (Å²) in [5.41, 5.74) is 6.90. The molecule has 0 aromatic rings. The molecule has 0 aromatic carbocycles. The summed E-state index contributed by atoms with van der Waals surface area (Å²) in [6, 6.07) is 0. The zero-order chi connectivity index (χ0) is 11.1. The van der Waals surface area contributed by atoms with Crippen LogP contribution < -0.4 is 5.73 Å². The summed E-state index contributed by atoms with van der Waals surface area (Å²) >= 11 is 0. The summed E-state index contributed by atoms with van der Waals surface area (Å²) in [6.07, 6.45) is 6.41. The van der Waals surface area contributed by atoms with Gasteiger partial charge in [0.15, 0.2) is 0 Å². The molecule has 1 saturated carbocycles. The molecule has 0 amide bonds. The maximum absolute atomic E-state index is 6.53. The quantitative estimate of drug-likeness (QED) is 0.779. The zero-order valence-electron chi connectivity index (χ0n) is 10.4. The van der Waals surface area contributed by atoms with Crippen LogP contribution in [0.3, 0.4) is 0 Å². The smallest absolute Gasteiger partial charge is 0.0783 e. The minimum Gasteiger partial charge on any atom is -0.376 e. The molecule has 2 N–H and O–H groups in total. The maximum atomic E-state index is 6.53. The first-order chi connectivity index (χ1) is 6.91. The Labute approximate surface area is 93.6 Å². The monoisotopic (exact) mass is 211 g/mol. The van der Waals surface area contributed by atoms with Gasteiger partial charge in [-0.15, -0.1) is 0 Å². The third-order valence-electron chi connectivity index (χ3n) is 3.82. The summed E-state index contributed by atoms with van der Waals surface area (Å²) < 4.78 is 5.83. The Morgan fingerprint density at radius 2 is 2.00 bits per heavy atom. The van der Waals surface area contributed by atoms with Crippen molar-refractivity contribution in [3.63, 3.8) is 0 Å². The van der Waals surface area contributed by atoms with Crippen LogP contribution in [0.4, 0.5) is 0 Å². The highest BCUT2D eigenvalue weighted by Crippen LogP contribution is 2.44. The first-order valence-corrected chi connectivity index (χ1v) is 6.31. The first-order valence-electron chi connectivity index (χ1n) is 6.31. The number of hydrogen-bond acceptors (Lipinski definition) is 2. The van der Waals surface area contributed by atoms with Crippen LogP contribution in [0.1, 0.15) is 52.9 Å². The van der Waals surface area contributed by atoms with E-state index in [1.807, 2.05) is 0 Å². The molecule has 1 heterocycles. The normalized spacial score (nSPS) is 37.2. The van der Waals surface area contributed by atoms with Crippen LogP contribution in [0.5, 0.6) is 0 Å². The average molecular weight is 211 g/mol. The third-order valence-corrected chi connectivity index (χ3v) is 3.82. The van der Waals surface area contributed by atoms with Gasteiger partial charge in [-0.2, -0.15) is 0 Å². The molecule has 1 aliphatic carbocycles. The van der Waals surface area contributed by atoms with E-state index < -0.39 is 0 Å². The van der Waals surface area contributed by atoms with E-state index in [0.29, 0.717) is 11.5 Å². The highest BCUT2D eigenvalue weighted by atomic mass is 16.5. The number of nitrogens with two attached hydrogens (primary N) is 1. The first kappa shape index (κ1) is 11.4. The number of hydrogen-bond donors (Lipinski definition) is 1. The van der Waals surface area contributed by atoms with Crippen LogP contribution in [-0.2, 0) is 4.74 Å². The standard InChI is InChI=1S/C13H25NO/c1-12(2,3)6-7-13(14)8-9-15-11(13)10-4-5-10/h10-11H,4-9,14H2,1-3H3. The van der Waals surface area contributed by atoms with E-state index in [1.54, 1.807) is 0 Å². The Kier molecular flexibility index (Phi) is 2.85. The molecule has 2 aliphatic rings. The van der Waals surface area contributed by atoms with E-state index in [-0.39, 0.29) is 5.54 Å².